The molecule has 0 aliphatic heterocycles. The Labute approximate surface area is 155 Å². The second kappa shape index (κ2) is 9.11. The van der Waals surface area contributed by atoms with E-state index in [0.29, 0.717) is 27.0 Å². The first-order valence-corrected chi connectivity index (χ1v) is 7.98. The zero-order valence-electron chi connectivity index (χ0n) is 13.3. The van der Waals surface area contributed by atoms with Gasteiger partial charge in [0.05, 0.1) is 7.11 Å². The summed E-state index contributed by atoms with van der Waals surface area (Å²) < 4.78 is 9.90. The van der Waals surface area contributed by atoms with Crippen LogP contribution in [0.2, 0.25) is 10.0 Å². The SMILES string of the molecule is COc1ccc(NC(=O)COC(=O)/C=C/c2c(Cl)cccc2Cl)cc1. The summed E-state index contributed by atoms with van der Waals surface area (Å²) in [5.41, 5.74) is 1.07. The van der Waals surface area contributed by atoms with Crippen molar-refractivity contribution < 1.29 is 19.1 Å². The van der Waals surface area contributed by atoms with Gasteiger partial charge in [0.1, 0.15) is 5.75 Å². The van der Waals surface area contributed by atoms with Crippen LogP contribution in [0.15, 0.2) is 48.5 Å². The number of carbonyl (C=O) groups excluding carboxylic acids is 2. The number of halogens is 2. The van der Waals surface area contributed by atoms with Crippen LogP contribution in [0.5, 0.6) is 5.75 Å². The number of methoxy groups -OCH3 is 1. The summed E-state index contributed by atoms with van der Waals surface area (Å²) in [5.74, 6) is -0.462. The quantitative estimate of drug-likeness (QED) is 0.603. The number of anilines is 1. The first-order chi connectivity index (χ1) is 12.0. The van der Waals surface area contributed by atoms with Crippen LogP contribution in [0.3, 0.4) is 0 Å². The van der Waals surface area contributed by atoms with Crippen LogP contribution in [-0.2, 0) is 14.3 Å². The van der Waals surface area contributed by atoms with Gasteiger partial charge in [0.15, 0.2) is 6.61 Å². The lowest BCUT2D eigenvalue weighted by atomic mass is 10.2. The molecule has 2 aromatic carbocycles. The van der Waals surface area contributed by atoms with Crippen molar-refractivity contribution in [3.8, 4) is 5.75 Å². The largest absolute Gasteiger partial charge is 0.497 e. The van der Waals surface area contributed by atoms with Gasteiger partial charge in [-0.2, -0.15) is 0 Å². The van der Waals surface area contributed by atoms with Gasteiger partial charge in [-0.25, -0.2) is 4.79 Å². The highest BCUT2D eigenvalue weighted by Crippen LogP contribution is 2.25. The van der Waals surface area contributed by atoms with E-state index in [1.165, 1.54) is 6.08 Å². The van der Waals surface area contributed by atoms with E-state index in [0.717, 1.165) is 6.08 Å². The second-order valence-corrected chi connectivity index (χ2v) is 5.67. The lowest BCUT2D eigenvalue weighted by molar-refractivity contribution is -0.142. The van der Waals surface area contributed by atoms with Gasteiger partial charge < -0.3 is 14.8 Å². The highest BCUT2D eigenvalue weighted by Gasteiger charge is 2.07. The number of benzene rings is 2. The van der Waals surface area contributed by atoms with Crippen LogP contribution in [0.25, 0.3) is 6.08 Å². The van der Waals surface area contributed by atoms with Gasteiger partial charge in [0, 0.05) is 27.4 Å². The van der Waals surface area contributed by atoms with Crippen LogP contribution >= 0.6 is 23.2 Å². The Kier molecular flexibility index (Phi) is 6.86. The van der Waals surface area contributed by atoms with E-state index in [4.69, 9.17) is 32.7 Å². The fourth-order valence-corrected chi connectivity index (χ4v) is 2.40. The zero-order valence-corrected chi connectivity index (χ0v) is 14.8. The third-order valence-corrected chi connectivity index (χ3v) is 3.76. The molecule has 0 fully saturated rings. The van der Waals surface area contributed by atoms with Crippen LogP contribution < -0.4 is 10.1 Å². The lowest BCUT2D eigenvalue weighted by Crippen LogP contribution is -2.20. The minimum absolute atomic E-state index is 0.411. The second-order valence-electron chi connectivity index (χ2n) is 4.85. The molecule has 1 N–H and O–H groups in total. The molecule has 0 spiro atoms. The van der Waals surface area contributed by atoms with E-state index in [1.807, 2.05) is 0 Å². The van der Waals surface area contributed by atoms with Crippen molar-refractivity contribution in [2.75, 3.05) is 19.0 Å². The van der Waals surface area contributed by atoms with E-state index in [1.54, 1.807) is 49.6 Å². The smallest absolute Gasteiger partial charge is 0.331 e. The summed E-state index contributed by atoms with van der Waals surface area (Å²) in [5, 5.41) is 3.42. The first-order valence-electron chi connectivity index (χ1n) is 7.22. The van der Waals surface area contributed by atoms with Crippen LogP contribution in [0, 0.1) is 0 Å². The number of rotatable bonds is 6. The van der Waals surface area contributed by atoms with E-state index >= 15 is 0 Å². The normalized spacial score (nSPS) is 10.5. The topological polar surface area (TPSA) is 64.6 Å². The maximum Gasteiger partial charge on any atom is 0.331 e. The molecule has 1 amide bonds. The van der Waals surface area contributed by atoms with Gasteiger partial charge in [0.25, 0.3) is 5.91 Å². The van der Waals surface area contributed by atoms with Crippen LogP contribution in [-0.4, -0.2) is 25.6 Å². The molecule has 7 heteroatoms. The number of hydrogen-bond acceptors (Lipinski definition) is 4. The average molecular weight is 380 g/mol. The third-order valence-electron chi connectivity index (χ3n) is 3.11. The standard InChI is InChI=1S/C18H15Cl2NO4/c1-24-13-7-5-12(6-8-13)21-17(22)11-25-18(23)10-9-14-15(19)3-2-4-16(14)20/h2-10H,11H2,1H3,(H,21,22)/b10-9+. The van der Waals surface area contributed by atoms with Crippen LogP contribution in [0.1, 0.15) is 5.56 Å². The molecule has 0 aliphatic rings. The predicted molar refractivity (Wildman–Crippen MR) is 98.1 cm³/mol. The molecule has 0 atom stereocenters. The highest BCUT2D eigenvalue weighted by molar-refractivity contribution is 6.37. The van der Waals surface area contributed by atoms with Crippen molar-refractivity contribution in [3.05, 3.63) is 64.1 Å². The van der Waals surface area contributed by atoms with E-state index in [-0.39, 0.29) is 0 Å². The Morgan fingerprint density at radius 2 is 1.72 bits per heavy atom. The first kappa shape index (κ1) is 18.8. The third kappa shape index (κ3) is 5.81. The van der Waals surface area contributed by atoms with Crippen LogP contribution in [0.4, 0.5) is 5.69 Å². The van der Waals surface area contributed by atoms with Crippen molar-refractivity contribution >= 4 is 46.8 Å². The summed E-state index contributed by atoms with van der Waals surface area (Å²) in [6.45, 7) is -0.411. The van der Waals surface area contributed by atoms with E-state index in [2.05, 4.69) is 5.32 Å². The monoisotopic (exact) mass is 379 g/mol. The molecule has 0 heterocycles. The molecule has 2 rings (SSSR count). The summed E-state index contributed by atoms with van der Waals surface area (Å²) in [6.07, 6.45) is 2.60. The summed E-state index contributed by atoms with van der Waals surface area (Å²) >= 11 is 12.0. The van der Waals surface area contributed by atoms with Gasteiger partial charge in [-0.3, -0.25) is 4.79 Å². The molecule has 5 nitrogen and oxygen atoms in total. The molecule has 130 valence electrons. The van der Waals surface area contributed by atoms with Gasteiger partial charge in [0.2, 0.25) is 0 Å². The van der Waals surface area contributed by atoms with Gasteiger partial charge in [-0.1, -0.05) is 29.3 Å². The van der Waals surface area contributed by atoms with Gasteiger partial charge >= 0.3 is 5.97 Å². The van der Waals surface area contributed by atoms with Crippen molar-refractivity contribution in [3.63, 3.8) is 0 Å². The Balaban J connectivity index is 1.84. The number of ether oxygens (including phenoxy) is 2. The Morgan fingerprint density at radius 1 is 1.08 bits per heavy atom. The predicted octanol–water partition coefficient (Wildman–Crippen LogP) is 4.20. The number of nitrogens with one attached hydrogen (secondary N) is 1. The van der Waals surface area contributed by atoms with E-state index < -0.39 is 18.5 Å². The van der Waals surface area contributed by atoms with Crippen molar-refractivity contribution in [2.24, 2.45) is 0 Å². The molecule has 0 saturated carbocycles. The molecule has 2 aromatic rings. The van der Waals surface area contributed by atoms with Crippen molar-refractivity contribution in [1.82, 2.24) is 0 Å². The van der Waals surface area contributed by atoms with Gasteiger partial charge in [-0.15, -0.1) is 0 Å². The maximum atomic E-state index is 11.8. The Morgan fingerprint density at radius 3 is 2.32 bits per heavy atom. The van der Waals surface area contributed by atoms with E-state index in [9.17, 15) is 9.59 Å². The summed E-state index contributed by atoms with van der Waals surface area (Å²) in [7, 11) is 1.55. The fraction of sp³-hybridized carbons (Fsp3) is 0.111. The number of hydrogen-bond donors (Lipinski definition) is 1. The maximum absolute atomic E-state index is 11.8. The highest BCUT2D eigenvalue weighted by atomic mass is 35.5. The minimum Gasteiger partial charge on any atom is -0.497 e. The molecule has 0 aliphatic carbocycles. The summed E-state index contributed by atoms with van der Waals surface area (Å²) in [4.78, 5) is 23.5. The molecule has 0 radical (unpaired) electrons. The molecular weight excluding hydrogens is 365 g/mol. The van der Waals surface area contributed by atoms with Crippen molar-refractivity contribution in [1.29, 1.82) is 0 Å². The molecule has 0 aromatic heterocycles. The molecular formula is C18H15Cl2NO4. The fourth-order valence-electron chi connectivity index (χ4n) is 1.88. The number of amides is 1. The number of esters is 1. The Bertz CT molecular complexity index is 768. The number of carbonyl (C=O) groups is 2. The molecule has 0 saturated heterocycles. The minimum atomic E-state index is -0.680. The Hall–Kier alpha value is -2.50. The van der Waals surface area contributed by atoms with Crippen molar-refractivity contribution in [2.45, 2.75) is 0 Å². The summed E-state index contributed by atoms with van der Waals surface area (Å²) in [6, 6.07) is 11.8. The van der Waals surface area contributed by atoms with Gasteiger partial charge in [-0.05, 0) is 42.5 Å². The molecule has 0 unspecified atom stereocenters. The molecule has 25 heavy (non-hydrogen) atoms. The molecule has 0 bridgehead atoms. The average Bonchev–Trinajstić information content (AvgIpc) is 2.60. The lowest BCUT2D eigenvalue weighted by Gasteiger charge is -2.06. The zero-order chi connectivity index (χ0) is 18.2.